The molecule has 1 aliphatic rings. The Bertz CT molecular complexity index is 990. The van der Waals surface area contributed by atoms with E-state index in [1.807, 2.05) is 24.3 Å². The molecule has 1 aromatic heterocycles. The monoisotopic (exact) mass is 350 g/mol. The average Bonchev–Trinajstić information content (AvgIpc) is 3.09. The smallest absolute Gasteiger partial charge is 0.277 e. The SMILES string of the molecule is O=C(CCn1nnc2ccccc2c1=O)NCC1Cc2ccccc2O1. The lowest BCUT2D eigenvalue weighted by Gasteiger charge is -2.12. The second kappa shape index (κ2) is 6.95. The van der Waals surface area contributed by atoms with Crippen molar-refractivity contribution in [3.8, 4) is 5.75 Å². The summed E-state index contributed by atoms with van der Waals surface area (Å²) in [5.74, 6) is 0.733. The number of hydrogen-bond donors (Lipinski definition) is 1. The third-order valence-electron chi connectivity index (χ3n) is 4.42. The summed E-state index contributed by atoms with van der Waals surface area (Å²) in [6.07, 6.45) is 0.887. The van der Waals surface area contributed by atoms with Crippen LogP contribution in [0.1, 0.15) is 12.0 Å². The van der Waals surface area contributed by atoms with Crippen LogP contribution in [0, 0.1) is 0 Å². The summed E-state index contributed by atoms with van der Waals surface area (Å²) in [4.78, 5) is 24.4. The number of nitrogens with zero attached hydrogens (tertiary/aromatic N) is 3. The van der Waals surface area contributed by atoms with Gasteiger partial charge in [0.15, 0.2) is 0 Å². The Kier molecular flexibility index (Phi) is 4.35. The Morgan fingerprint density at radius 3 is 2.88 bits per heavy atom. The normalized spacial score (nSPS) is 15.5. The fourth-order valence-corrected chi connectivity index (χ4v) is 3.06. The Morgan fingerprint density at radius 1 is 1.19 bits per heavy atom. The van der Waals surface area contributed by atoms with Gasteiger partial charge in [-0.2, -0.15) is 0 Å². The lowest BCUT2D eigenvalue weighted by atomic mass is 10.1. The van der Waals surface area contributed by atoms with Crippen molar-refractivity contribution in [2.75, 3.05) is 6.54 Å². The first kappa shape index (κ1) is 16.3. The van der Waals surface area contributed by atoms with Gasteiger partial charge in [0.25, 0.3) is 5.56 Å². The summed E-state index contributed by atoms with van der Waals surface area (Å²) in [7, 11) is 0. The summed E-state index contributed by atoms with van der Waals surface area (Å²) in [6.45, 7) is 0.625. The molecule has 3 aromatic rings. The van der Waals surface area contributed by atoms with Crippen LogP contribution in [0.15, 0.2) is 53.3 Å². The molecular formula is C19H18N4O3. The molecule has 1 atom stereocenters. The minimum absolute atomic E-state index is 0.0560. The van der Waals surface area contributed by atoms with E-state index in [4.69, 9.17) is 4.74 Å². The van der Waals surface area contributed by atoms with Crippen molar-refractivity contribution in [3.05, 3.63) is 64.4 Å². The Morgan fingerprint density at radius 2 is 2.00 bits per heavy atom. The first-order chi connectivity index (χ1) is 12.7. The molecule has 2 heterocycles. The number of ether oxygens (including phenoxy) is 1. The van der Waals surface area contributed by atoms with Gasteiger partial charge in [0.2, 0.25) is 5.91 Å². The van der Waals surface area contributed by atoms with Crippen molar-refractivity contribution in [3.63, 3.8) is 0 Å². The number of amides is 1. The molecule has 0 fully saturated rings. The second-order valence-corrected chi connectivity index (χ2v) is 6.24. The Hall–Kier alpha value is -3.22. The fourth-order valence-electron chi connectivity index (χ4n) is 3.06. The maximum Gasteiger partial charge on any atom is 0.277 e. The van der Waals surface area contributed by atoms with Gasteiger partial charge >= 0.3 is 0 Å². The van der Waals surface area contributed by atoms with E-state index in [1.54, 1.807) is 24.3 Å². The summed E-state index contributed by atoms with van der Waals surface area (Å²) < 4.78 is 7.02. The topological polar surface area (TPSA) is 86.1 Å². The van der Waals surface area contributed by atoms with Gasteiger partial charge < -0.3 is 10.1 Å². The fraction of sp³-hybridized carbons (Fsp3) is 0.263. The van der Waals surface area contributed by atoms with Crippen molar-refractivity contribution in [1.82, 2.24) is 20.3 Å². The zero-order valence-corrected chi connectivity index (χ0v) is 14.1. The van der Waals surface area contributed by atoms with E-state index in [2.05, 4.69) is 15.6 Å². The molecule has 26 heavy (non-hydrogen) atoms. The maximum absolute atomic E-state index is 12.3. The molecule has 1 amide bonds. The van der Waals surface area contributed by atoms with Gasteiger partial charge in [0, 0.05) is 12.8 Å². The third-order valence-corrected chi connectivity index (χ3v) is 4.42. The van der Waals surface area contributed by atoms with Gasteiger partial charge in [-0.15, -0.1) is 5.10 Å². The van der Waals surface area contributed by atoms with E-state index in [-0.39, 0.29) is 30.5 Å². The minimum Gasteiger partial charge on any atom is -0.488 e. The summed E-state index contributed by atoms with van der Waals surface area (Å²) in [6, 6.07) is 14.9. The predicted octanol–water partition coefficient (Wildman–Crippen LogP) is 1.30. The highest BCUT2D eigenvalue weighted by Gasteiger charge is 2.22. The molecule has 0 saturated heterocycles. The van der Waals surface area contributed by atoms with E-state index in [1.165, 1.54) is 4.68 Å². The molecule has 0 saturated carbocycles. The van der Waals surface area contributed by atoms with E-state index in [0.29, 0.717) is 17.4 Å². The second-order valence-electron chi connectivity index (χ2n) is 6.24. The quantitative estimate of drug-likeness (QED) is 0.750. The lowest BCUT2D eigenvalue weighted by Crippen LogP contribution is -2.35. The number of hydrogen-bond acceptors (Lipinski definition) is 5. The minimum atomic E-state index is -0.238. The zero-order valence-electron chi connectivity index (χ0n) is 14.1. The van der Waals surface area contributed by atoms with Crippen LogP contribution in [0.5, 0.6) is 5.75 Å². The molecule has 132 valence electrons. The predicted molar refractivity (Wildman–Crippen MR) is 96.0 cm³/mol. The summed E-state index contributed by atoms with van der Waals surface area (Å²) in [5, 5.41) is 11.3. The first-order valence-electron chi connectivity index (χ1n) is 8.54. The summed E-state index contributed by atoms with van der Waals surface area (Å²) in [5.41, 5.74) is 1.47. The zero-order chi connectivity index (χ0) is 17.9. The number of benzene rings is 2. The van der Waals surface area contributed by atoms with Crippen LogP contribution in [-0.4, -0.2) is 33.5 Å². The van der Waals surface area contributed by atoms with Gasteiger partial charge in [0.05, 0.1) is 18.5 Å². The highest BCUT2D eigenvalue weighted by atomic mass is 16.5. The number of fused-ring (bicyclic) bond motifs is 2. The van der Waals surface area contributed by atoms with E-state index >= 15 is 0 Å². The maximum atomic E-state index is 12.3. The van der Waals surface area contributed by atoms with Gasteiger partial charge in [-0.25, -0.2) is 4.68 Å². The Labute approximate surface area is 149 Å². The number of aromatic nitrogens is 3. The van der Waals surface area contributed by atoms with E-state index < -0.39 is 0 Å². The Balaban J connectivity index is 1.31. The molecule has 1 aliphatic heterocycles. The molecule has 7 nitrogen and oxygen atoms in total. The molecule has 2 aromatic carbocycles. The number of para-hydroxylation sites is 1. The molecule has 4 rings (SSSR count). The van der Waals surface area contributed by atoms with Crippen molar-refractivity contribution in [2.45, 2.75) is 25.5 Å². The molecule has 0 radical (unpaired) electrons. The molecule has 1 unspecified atom stereocenters. The van der Waals surface area contributed by atoms with Gasteiger partial charge in [-0.05, 0) is 23.8 Å². The van der Waals surface area contributed by atoms with E-state index in [9.17, 15) is 9.59 Å². The number of carbonyl (C=O) groups is 1. The van der Waals surface area contributed by atoms with Crippen LogP contribution in [-0.2, 0) is 17.8 Å². The van der Waals surface area contributed by atoms with Crippen molar-refractivity contribution in [1.29, 1.82) is 0 Å². The largest absolute Gasteiger partial charge is 0.488 e. The average molecular weight is 350 g/mol. The van der Waals surface area contributed by atoms with Crippen LogP contribution >= 0.6 is 0 Å². The molecule has 1 N–H and O–H groups in total. The van der Waals surface area contributed by atoms with Crippen LogP contribution in [0.3, 0.4) is 0 Å². The van der Waals surface area contributed by atoms with Crippen molar-refractivity contribution in [2.24, 2.45) is 0 Å². The van der Waals surface area contributed by atoms with Gasteiger partial charge in [-0.3, -0.25) is 9.59 Å². The van der Waals surface area contributed by atoms with Crippen LogP contribution in [0.4, 0.5) is 0 Å². The number of nitrogens with one attached hydrogen (secondary N) is 1. The highest BCUT2D eigenvalue weighted by Crippen LogP contribution is 2.27. The molecule has 7 heteroatoms. The van der Waals surface area contributed by atoms with Crippen LogP contribution < -0.4 is 15.6 Å². The molecule has 0 spiro atoms. The highest BCUT2D eigenvalue weighted by molar-refractivity contribution is 5.77. The van der Waals surface area contributed by atoms with Crippen LogP contribution in [0.25, 0.3) is 10.9 Å². The molecule has 0 bridgehead atoms. The van der Waals surface area contributed by atoms with Crippen LogP contribution in [0.2, 0.25) is 0 Å². The summed E-state index contributed by atoms with van der Waals surface area (Å²) >= 11 is 0. The number of aryl methyl sites for hydroxylation is 1. The standard InChI is InChI=1S/C19H18N4O3/c24-18(20-12-14-11-13-5-1-4-8-17(13)26-14)9-10-23-19(25)15-6-2-3-7-16(15)21-22-23/h1-8,14H,9-12H2,(H,20,24). The van der Waals surface area contributed by atoms with Gasteiger partial charge in [-0.1, -0.05) is 35.5 Å². The van der Waals surface area contributed by atoms with E-state index in [0.717, 1.165) is 17.7 Å². The lowest BCUT2D eigenvalue weighted by molar-refractivity contribution is -0.121. The molecular weight excluding hydrogens is 332 g/mol. The third kappa shape index (κ3) is 3.28. The first-order valence-corrected chi connectivity index (χ1v) is 8.54. The van der Waals surface area contributed by atoms with Crippen molar-refractivity contribution < 1.29 is 9.53 Å². The van der Waals surface area contributed by atoms with Gasteiger partial charge in [0.1, 0.15) is 17.4 Å². The van der Waals surface area contributed by atoms with Crippen molar-refractivity contribution >= 4 is 16.8 Å². The number of carbonyl (C=O) groups excluding carboxylic acids is 1. The number of rotatable bonds is 5. The molecule has 0 aliphatic carbocycles.